The zero-order valence-corrected chi connectivity index (χ0v) is 12.9. The predicted octanol–water partition coefficient (Wildman–Crippen LogP) is 2.50. The molecule has 7 heteroatoms. The van der Waals surface area contributed by atoms with Crippen LogP contribution in [0.1, 0.15) is 20.8 Å². The maximum atomic E-state index is 13.7. The van der Waals surface area contributed by atoms with Crippen molar-refractivity contribution in [2.45, 2.75) is 32.7 Å². The molecule has 0 aromatic heterocycles. The number of carbonyl (C=O) groups excluding carboxylic acids is 1. The normalized spacial score (nSPS) is 19.7. The van der Waals surface area contributed by atoms with Gasteiger partial charge in [-0.15, -0.1) is 0 Å². The molecule has 122 valence electrons. The SMILES string of the molecule is CCOc1ccc(NC(=O)NC[C@@H]2COC(C)(C)O2)cc1F. The molecule has 1 saturated heterocycles. The molecule has 6 nitrogen and oxygen atoms in total. The zero-order chi connectivity index (χ0) is 16.2. The number of amides is 2. The Morgan fingerprint density at radius 3 is 2.86 bits per heavy atom. The number of hydrogen-bond acceptors (Lipinski definition) is 4. The lowest BCUT2D eigenvalue weighted by molar-refractivity contribution is -0.137. The molecule has 1 aliphatic rings. The molecule has 0 spiro atoms. The van der Waals surface area contributed by atoms with Gasteiger partial charge in [-0.05, 0) is 32.9 Å². The van der Waals surface area contributed by atoms with E-state index in [1.54, 1.807) is 13.0 Å². The number of urea groups is 1. The molecule has 1 aromatic carbocycles. The molecule has 1 aliphatic heterocycles. The van der Waals surface area contributed by atoms with Crippen LogP contribution < -0.4 is 15.4 Å². The summed E-state index contributed by atoms with van der Waals surface area (Å²) in [4.78, 5) is 11.8. The van der Waals surface area contributed by atoms with Crippen LogP contribution in [0.4, 0.5) is 14.9 Å². The Kier molecular flexibility index (Phi) is 5.20. The first-order valence-corrected chi connectivity index (χ1v) is 7.18. The van der Waals surface area contributed by atoms with Crippen molar-refractivity contribution < 1.29 is 23.4 Å². The number of hydrogen-bond donors (Lipinski definition) is 2. The Hall–Kier alpha value is -1.86. The van der Waals surface area contributed by atoms with Gasteiger partial charge >= 0.3 is 6.03 Å². The smallest absolute Gasteiger partial charge is 0.319 e. The van der Waals surface area contributed by atoms with Crippen molar-refractivity contribution in [3.05, 3.63) is 24.0 Å². The third-order valence-electron chi connectivity index (χ3n) is 3.05. The van der Waals surface area contributed by atoms with E-state index < -0.39 is 17.6 Å². The Bertz CT molecular complexity index is 536. The Labute approximate surface area is 128 Å². The minimum atomic E-state index is -0.624. The number of nitrogens with one attached hydrogen (secondary N) is 2. The molecule has 2 rings (SSSR count). The van der Waals surface area contributed by atoms with Gasteiger partial charge in [0, 0.05) is 18.3 Å². The minimum Gasteiger partial charge on any atom is -0.491 e. The Balaban J connectivity index is 1.81. The fourth-order valence-electron chi connectivity index (χ4n) is 2.10. The molecule has 0 saturated carbocycles. The second-order valence-corrected chi connectivity index (χ2v) is 5.36. The maximum Gasteiger partial charge on any atom is 0.319 e. The topological polar surface area (TPSA) is 68.8 Å². The lowest BCUT2D eigenvalue weighted by Gasteiger charge is -2.17. The predicted molar refractivity (Wildman–Crippen MR) is 79.5 cm³/mol. The molecule has 1 fully saturated rings. The van der Waals surface area contributed by atoms with Gasteiger partial charge in [0.15, 0.2) is 17.4 Å². The molecule has 2 amide bonds. The summed E-state index contributed by atoms with van der Waals surface area (Å²) in [6, 6.07) is 3.83. The number of ether oxygens (including phenoxy) is 3. The first-order valence-electron chi connectivity index (χ1n) is 7.18. The van der Waals surface area contributed by atoms with Gasteiger partial charge in [0.2, 0.25) is 0 Å². The molecule has 1 heterocycles. The molecule has 0 radical (unpaired) electrons. The molecule has 1 aromatic rings. The van der Waals surface area contributed by atoms with Gasteiger partial charge in [-0.1, -0.05) is 0 Å². The lowest BCUT2D eigenvalue weighted by Crippen LogP contribution is -2.37. The third-order valence-corrected chi connectivity index (χ3v) is 3.05. The number of carbonyl (C=O) groups is 1. The first-order chi connectivity index (χ1) is 10.4. The number of benzene rings is 1. The van der Waals surface area contributed by atoms with Crippen LogP contribution in [0.15, 0.2) is 18.2 Å². The van der Waals surface area contributed by atoms with Crippen molar-refractivity contribution in [3.63, 3.8) is 0 Å². The van der Waals surface area contributed by atoms with Gasteiger partial charge < -0.3 is 24.8 Å². The third kappa shape index (κ3) is 4.57. The van der Waals surface area contributed by atoms with Gasteiger partial charge in [-0.3, -0.25) is 0 Å². The summed E-state index contributed by atoms with van der Waals surface area (Å²) >= 11 is 0. The molecule has 0 unspecified atom stereocenters. The summed E-state index contributed by atoms with van der Waals surface area (Å²) in [5.74, 6) is -0.984. The van der Waals surface area contributed by atoms with Crippen molar-refractivity contribution in [3.8, 4) is 5.75 Å². The van der Waals surface area contributed by atoms with E-state index in [1.165, 1.54) is 12.1 Å². The Morgan fingerprint density at radius 1 is 1.50 bits per heavy atom. The van der Waals surface area contributed by atoms with Crippen LogP contribution in [0.3, 0.4) is 0 Å². The maximum absolute atomic E-state index is 13.7. The summed E-state index contributed by atoms with van der Waals surface area (Å²) in [7, 11) is 0. The minimum absolute atomic E-state index is 0.159. The van der Waals surface area contributed by atoms with Crippen LogP contribution >= 0.6 is 0 Å². The van der Waals surface area contributed by atoms with Gasteiger partial charge in [0.1, 0.15) is 6.10 Å². The second kappa shape index (κ2) is 6.93. The molecule has 0 bridgehead atoms. The van der Waals surface area contributed by atoms with Crippen LogP contribution in [0.25, 0.3) is 0 Å². The van der Waals surface area contributed by atoms with E-state index in [0.717, 1.165) is 0 Å². The van der Waals surface area contributed by atoms with Crippen molar-refractivity contribution in [2.75, 3.05) is 25.1 Å². The van der Waals surface area contributed by atoms with Gasteiger partial charge in [0.25, 0.3) is 0 Å². The quantitative estimate of drug-likeness (QED) is 0.876. The van der Waals surface area contributed by atoms with Crippen molar-refractivity contribution in [1.82, 2.24) is 5.32 Å². The number of rotatable bonds is 5. The van der Waals surface area contributed by atoms with Crippen LogP contribution in [0, 0.1) is 5.82 Å². The average molecular weight is 312 g/mol. The highest BCUT2D eigenvalue weighted by Gasteiger charge is 2.32. The molecule has 22 heavy (non-hydrogen) atoms. The van der Waals surface area contributed by atoms with E-state index in [1.807, 2.05) is 13.8 Å². The summed E-state index contributed by atoms with van der Waals surface area (Å²) in [6.07, 6.45) is -0.196. The van der Waals surface area contributed by atoms with Crippen LogP contribution in [0.2, 0.25) is 0 Å². The number of halogens is 1. The van der Waals surface area contributed by atoms with E-state index in [9.17, 15) is 9.18 Å². The fraction of sp³-hybridized carbons (Fsp3) is 0.533. The summed E-state index contributed by atoms with van der Waals surface area (Å²) in [5, 5.41) is 5.22. The van der Waals surface area contributed by atoms with E-state index in [-0.39, 0.29) is 11.9 Å². The van der Waals surface area contributed by atoms with E-state index in [0.29, 0.717) is 25.4 Å². The monoisotopic (exact) mass is 312 g/mol. The van der Waals surface area contributed by atoms with Crippen LogP contribution in [-0.4, -0.2) is 37.7 Å². The largest absolute Gasteiger partial charge is 0.491 e. The molecular formula is C15H21FN2O4. The standard InChI is InChI=1S/C15H21FN2O4/c1-4-20-13-6-5-10(7-12(13)16)18-14(19)17-8-11-9-21-15(2,3)22-11/h5-7,11H,4,8-9H2,1-3H3,(H2,17,18,19)/t11-/m1/s1. The van der Waals surface area contributed by atoms with E-state index in [4.69, 9.17) is 14.2 Å². The van der Waals surface area contributed by atoms with Gasteiger partial charge in [0.05, 0.1) is 13.2 Å². The van der Waals surface area contributed by atoms with Crippen molar-refractivity contribution >= 4 is 11.7 Å². The molecular weight excluding hydrogens is 291 g/mol. The average Bonchev–Trinajstić information content (AvgIpc) is 2.79. The molecule has 0 aliphatic carbocycles. The lowest BCUT2D eigenvalue weighted by atomic mass is 10.3. The van der Waals surface area contributed by atoms with Crippen LogP contribution in [-0.2, 0) is 9.47 Å². The van der Waals surface area contributed by atoms with E-state index >= 15 is 0 Å². The molecule has 1 atom stereocenters. The second-order valence-electron chi connectivity index (χ2n) is 5.36. The van der Waals surface area contributed by atoms with E-state index in [2.05, 4.69) is 10.6 Å². The van der Waals surface area contributed by atoms with Gasteiger partial charge in [-0.25, -0.2) is 9.18 Å². The Morgan fingerprint density at radius 2 is 2.27 bits per heavy atom. The summed E-state index contributed by atoms with van der Waals surface area (Å²) in [5.41, 5.74) is 0.349. The highest BCUT2D eigenvalue weighted by molar-refractivity contribution is 5.89. The van der Waals surface area contributed by atoms with Crippen molar-refractivity contribution in [1.29, 1.82) is 0 Å². The highest BCUT2D eigenvalue weighted by atomic mass is 19.1. The van der Waals surface area contributed by atoms with Gasteiger partial charge in [-0.2, -0.15) is 0 Å². The molecule has 2 N–H and O–H groups in total. The zero-order valence-electron chi connectivity index (χ0n) is 12.9. The summed E-state index contributed by atoms with van der Waals surface area (Å²) < 4.78 is 29.7. The number of anilines is 1. The van der Waals surface area contributed by atoms with Crippen LogP contribution in [0.5, 0.6) is 5.75 Å². The summed E-state index contributed by atoms with van der Waals surface area (Å²) in [6.45, 7) is 6.52. The fourth-order valence-corrected chi connectivity index (χ4v) is 2.10. The first kappa shape index (κ1) is 16.5. The van der Waals surface area contributed by atoms with Crippen molar-refractivity contribution in [2.24, 2.45) is 0 Å². The highest BCUT2D eigenvalue weighted by Crippen LogP contribution is 2.22.